The zero-order chi connectivity index (χ0) is 34.2. The Hall–Kier alpha value is -4.84. The summed E-state index contributed by atoms with van der Waals surface area (Å²) in [5, 5.41) is 59.9. The second-order valence-electron chi connectivity index (χ2n) is 11.7. The molecule has 6 rings (SSSR count). The summed E-state index contributed by atoms with van der Waals surface area (Å²) in [6.07, 6.45) is -7.45. The SMILES string of the molecule is COc1c(O[C@@H]2O[C@H](C(=O)O)[C@](O)(C[C@H]3CNCN3)[C@@H](O)[C@H]2O)cc2oc(-c3ccc(OCCc4ccc(N)[nH]4)cc3)cc(=O)c2c1O. The van der Waals surface area contributed by atoms with E-state index in [1.165, 1.54) is 19.2 Å². The first-order valence-corrected chi connectivity index (χ1v) is 15.1. The monoisotopic (exact) mass is 668 g/mol. The van der Waals surface area contributed by atoms with Crippen LogP contribution in [0.2, 0.25) is 0 Å². The van der Waals surface area contributed by atoms with Crippen molar-refractivity contribution >= 4 is 22.8 Å². The highest BCUT2D eigenvalue weighted by atomic mass is 16.7. The number of nitrogens with two attached hydrogens (primary N) is 1. The Kier molecular flexibility index (Phi) is 9.20. The average Bonchev–Trinajstić information content (AvgIpc) is 3.72. The Morgan fingerprint density at radius 1 is 1.15 bits per heavy atom. The smallest absolute Gasteiger partial charge is 0.336 e. The van der Waals surface area contributed by atoms with Crippen LogP contribution in [0.3, 0.4) is 0 Å². The number of methoxy groups -OCH3 is 1. The van der Waals surface area contributed by atoms with Gasteiger partial charge >= 0.3 is 5.97 Å². The summed E-state index contributed by atoms with van der Waals surface area (Å²) in [5.41, 5.74) is 4.03. The zero-order valence-electron chi connectivity index (χ0n) is 25.7. The number of benzene rings is 2. The van der Waals surface area contributed by atoms with Gasteiger partial charge in [0.2, 0.25) is 12.0 Å². The van der Waals surface area contributed by atoms with E-state index in [0.29, 0.717) is 43.4 Å². The summed E-state index contributed by atoms with van der Waals surface area (Å²) in [4.78, 5) is 28.4. The van der Waals surface area contributed by atoms with Gasteiger partial charge in [-0.05, 0) is 42.8 Å². The lowest BCUT2D eigenvalue weighted by atomic mass is 9.79. The second-order valence-corrected chi connectivity index (χ2v) is 11.7. The number of aromatic hydroxyl groups is 1. The van der Waals surface area contributed by atoms with Gasteiger partial charge in [-0.2, -0.15) is 0 Å². The highest BCUT2D eigenvalue weighted by Gasteiger charge is 2.59. The van der Waals surface area contributed by atoms with Gasteiger partial charge in [-0.3, -0.25) is 4.79 Å². The Labute approximate surface area is 272 Å². The molecule has 0 amide bonds. The maximum atomic E-state index is 13.2. The van der Waals surface area contributed by atoms with Crippen molar-refractivity contribution in [3.05, 3.63) is 64.4 Å². The van der Waals surface area contributed by atoms with E-state index in [-0.39, 0.29) is 34.6 Å². The molecule has 16 heteroatoms. The van der Waals surface area contributed by atoms with Gasteiger partial charge in [0, 0.05) is 49.1 Å². The summed E-state index contributed by atoms with van der Waals surface area (Å²) in [7, 11) is 1.19. The van der Waals surface area contributed by atoms with Gasteiger partial charge in [-0.15, -0.1) is 0 Å². The molecular weight excluding hydrogens is 632 g/mol. The largest absolute Gasteiger partial charge is 0.504 e. The molecule has 0 bridgehead atoms. The third kappa shape index (κ3) is 6.36. The number of fused-ring (bicyclic) bond motifs is 1. The van der Waals surface area contributed by atoms with E-state index in [4.69, 9.17) is 29.1 Å². The molecule has 6 atom stereocenters. The van der Waals surface area contributed by atoms with Crippen LogP contribution in [0.4, 0.5) is 5.82 Å². The fourth-order valence-corrected chi connectivity index (χ4v) is 6.02. The number of aliphatic hydroxyl groups excluding tert-OH is 2. The molecule has 2 fully saturated rings. The van der Waals surface area contributed by atoms with Crippen molar-refractivity contribution in [3.8, 4) is 34.3 Å². The minimum Gasteiger partial charge on any atom is -0.504 e. The first-order valence-electron chi connectivity index (χ1n) is 15.1. The number of anilines is 1. The van der Waals surface area contributed by atoms with E-state index in [1.54, 1.807) is 30.3 Å². The molecule has 16 nitrogen and oxygen atoms in total. The molecular formula is C32H36N4O12. The van der Waals surface area contributed by atoms with Gasteiger partial charge in [0.25, 0.3) is 0 Å². The van der Waals surface area contributed by atoms with E-state index in [9.17, 15) is 35.1 Å². The number of hydrogen-bond acceptors (Lipinski definition) is 14. The van der Waals surface area contributed by atoms with Gasteiger partial charge in [0.05, 0.1) is 13.7 Å². The van der Waals surface area contributed by atoms with Gasteiger partial charge in [-0.25, -0.2) is 4.79 Å². The number of phenols is 1. The first kappa shape index (κ1) is 33.1. The molecule has 0 saturated carbocycles. The van der Waals surface area contributed by atoms with Gasteiger partial charge in [0.1, 0.15) is 46.1 Å². The van der Waals surface area contributed by atoms with Crippen molar-refractivity contribution < 1.29 is 53.7 Å². The van der Waals surface area contributed by atoms with Crippen LogP contribution in [0.1, 0.15) is 12.1 Å². The Balaban J connectivity index is 1.25. The molecule has 4 aromatic rings. The number of H-pyrrole nitrogens is 1. The topological polar surface area (TPSA) is 251 Å². The van der Waals surface area contributed by atoms with Crippen molar-refractivity contribution in [1.82, 2.24) is 15.6 Å². The van der Waals surface area contributed by atoms with Gasteiger partial charge < -0.3 is 70.2 Å². The summed E-state index contributed by atoms with van der Waals surface area (Å²) >= 11 is 0. The molecule has 48 heavy (non-hydrogen) atoms. The number of aromatic nitrogens is 1. The molecule has 2 saturated heterocycles. The Bertz CT molecular complexity index is 1840. The standard InChI is InChI=1S/C32H36N4O12/c1-44-27-22(47-31-26(39)28(40)32(43,29(48-31)30(41)42)12-17-13-34-14-35-17)11-21-24(25(27)38)19(37)10-20(46-21)15-2-5-18(6-3-15)45-9-8-16-4-7-23(33)36-16/h2-7,10-11,17,26,28-29,31,34-36,38-40,43H,8-9,12-14,33H2,1H3,(H,41,42)/t17-,26+,28-,29+,31+,32-/m0/s1. The van der Waals surface area contributed by atoms with Crippen LogP contribution in [0.5, 0.6) is 23.0 Å². The van der Waals surface area contributed by atoms with E-state index >= 15 is 0 Å². The fourth-order valence-electron chi connectivity index (χ4n) is 6.02. The van der Waals surface area contributed by atoms with Crippen LogP contribution in [0.25, 0.3) is 22.3 Å². The molecule has 2 aromatic carbocycles. The molecule has 256 valence electrons. The number of nitrogens with one attached hydrogen (secondary N) is 3. The minimum atomic E-state index is -2.39. The fraction of sp³-hybridized carbons (Fsp3) is 0.375. The number of hydrogen-bond donors (Lipinski definition) is 9. The van der Waals surface area contributed by atoms with Crippen molar-refractivity contribution in [1.29, 1.82) is 0 Å². The third-order valence-corrected chi connectivity index (χ3v) is 8.45. The number of carbonyl (C=O) groups is 1. The van der Waals surface area contributed by atoms with Crippen molar-refractivity contribution in [3.63, 3.8) is 0 Å². The number of carboxylic acids is 1. The zero-order valence-corrected chi connectivity index (χ0v) is 25.7. The van der Waals surface area contributed by atoms with Crippen LogP contribution < -0.4 is 36.0 Å². The second kappa shape index (κ2) is 13.3. The molecule has 0 radical (unpaired) electrons. The summed E-state index contributed by atoms with van der Waals surface area (Å²) in [6, 6.07) is 12.4. The van der Waals surface area contributed by atoms with Crippen LogP contribution in [-0.2, 0) is 16.0 Å². The summed E-state index contributed by atoms with van der Waals surface area (Å²) in [6.45, 7) is 1.20. The van der Waals surface area contributed by atoms with E-state index < -0.39 is 53.4 Å². The lowest BCUT2D eigenvalue weighted by molar-refractivity contribution is -0.306. The molecule has 2 aromatic heterocycles. The van der Waals surface area contributed by atoms with Gasteiger partial charge in [0.15, 0.2) is 23.0 Å². The highest BCUT2D eigenvalue weighted by Crippen LogP contribution is 2.44. The molecule has 2 aliphatic rings. The summed E-state index contributed by atoms with van der Waals surface area (Å²) in [5.74, 6) is -1.60. The van der Waals surface area contributed by atoms with E-state index in [0.717, 1.165) is 5.69 Å². The number of ether oxygens (including phenoxy) is 4. The number of aromatic amines is 1. The molecule has 10 N–H and O–H groups in total. The van der Waals surface area contributed by atoms with Crippen molar-refractivity contribution in [2.24, 2.45) is 0 Å². The number of aliphatic hydroxyl groups is 3. The number of aliphatic carboxylic acids is 1. The highest BCUT2D eigenvalue weighted by molar-refractivity contribution is 5.89. The van der Waals surface area contributed by atoms with Crippen molar-refractivity contribution in [2.45, 2.75) is 49.1 Å². The number of phenolic OH excluding ortho intramolecular Hbond substituents is 1. The molecule has 2 aliphatic heterocycles. The molecule has 0 aliphatic carbocycles. The number of rotatable bonds is 11. The quantitative estimate of drug-likeness (QED) is 0.104. The maximum Gasteiger partial charge on any atom is 0.336 e. The predicted octanol–water partition coefficient (Wildman–Crippen LogP) is 0.256. The van der Waals surface area contributed by atoms with Crippen LogP contribution in [0.15, 0.2) is 57.7 Å². The van der Waals surface area contributed by atoms with E-state index in [1.807, 2.05) is 6.07 Å². The lowest BCUT2D eigenvalue weighted by Gasteiger charge is -2.47. The van der Waals surface area contributed by atoms with Crippen molar-refractivity contribution in [2.75, 3.05) is 32.7 Å². The van der Waals surface area contributed by atoms with Crippen LogP contribution in [0, 0.1) is 0 Å². The summed E-state index contributed by atoms with van der Waals surface area (Å²) < 4.78 is 28.3. The normalized spacial score (nSPS) is 25.6. The molecule has 4 heterocycles. The van der Waals surface area contributed by atoms with E-state index in [2.05, 4.69) is 15.6 Å². The maximum absolute atomic E-state index is 13.2. The first-order chi connectivity index (χ1) is 23.0. The minimum absolute atomic E-state index is 0.131. The number of nitrogen functional groups attached to an aromatic ring is 1. The van der Waals surface area contributed by atoms with Gasteiger partial charge in [-0.1, -0.05) is 0 Å². The molecule has 0 unspecified atom stereocenters. The number of carboxylic acid groups (broad SMARTS) is 1. The van der Waals surface area contributed by atoms with Crippen LogP contribution >= 0.6 is 0 Å². The predicted molar refractivity (Wildman–Crippen MR) is 169 cm³/mol. The van der Waals surface area contributed by atoms with Crippen LogP contribution in [-0.4, -0.2) is 99.7 Å². The Morgan fingerprint density at radius 3 is 2.56 bits per heavy atom. The Morgan fingerprint density at radius 2 is 1.92 bits per heavy atom. The molecule has 0 spiro atoms. The lowest BCUT2D eigenvalue weighted by Crippen LogP contribution is -2.70. The third-order valence-electron chi connectivity index (χ3n) is 8.45. The average molecular weight is 669 g/mol.